The van der Waals surface area contributed by atoms with Crippen LogP contribution in [0.15, 0.2) is 49.2 Å². The molecule has 0 aliphatic rings. The van der Waals surface area contributed by atoms with Crippen LogP contribution in [0, 0.1) is 22.7 Å². The molecule has 0 unspecified atom stereocenters. The largest absolute Gasteiger partial charge is 0.245 e. The monoisotopic (exact) mass is 284 g/mol. The average Bonchev–Trinajstić information content (AvgIpc) is 2.62. The highest BCUT2D eigenvalue weighted by Gasteiger charge is 2.07. The lowest BCUT2D eigenvalue weighted by atomic mass is 10.0. The second-order valence-corrected chi connectivity index (χ2v) is 4.41. The van der Waals surface area contributed by atoms with Crippen molar-refractivity contribution in [2.24, 2.45) is 0 Å². The number of rotatable bonds is 2. The Bertz CT molecular complexity index is 874. The molecule has 2 heterocycles. The Hall–Kier alpha value is -3.64. The molecule has 0 atom stereocenters. The summed E-state index contributed by atoms with van der Waals surface area (Å²) in [6.07, 6.45) is 4.51. The highest BCUT2D eigenvalue weighted by atomic mass is 14.9. The molecule has 22 heavy (non-hydrogen) atoms. The van der Waals surface area contributed by atoms with Crippen LogP contribution < -0.4 is 0 Å². The molecule has 0 radical (unpaired) electrons. The Morgan fingerprint density at radius 3 is 2.05 bits per heavy atom. The molecule has 0 amide bonds. The zero-order valence-electron chi connectivity index (χ0n) is 11.3. The van der Waals surface area contributed by atoms with E-state index in [4.69, 9.17) is 10.5 Å². The van der Waals surface area contributed by atoms with Gasteiger partial charge in [0.05, 0.1) is 40.3 Å². The molecule has 102 valence electrons. The highest BCUT2D eigenvalue weighted by molar-refractivity contribution is 5.68. The third-order valence-electron chi connectivity index (χ3n) is 3.00. The van der Waals surface area contributed by atoms with Gasteiger partial charge in [0, 0.05) is 11.8 Å². The van der Waals surface area contributed by atoms with Crippen molar-refractivity contribution in [2.45, 2.75) is 0 Å². The van der Waals surface area contributed by atoms with Crippen LogP contribution in [0.2, 0.25) is 0 Å². The number of benzene rings is 1. The number of hydrogen-bond acceptors (Lipinski definition) is 6. The lowest BCUT2D eigenvalue weighted by Crippen LogP contribution is -1.92. The Morgan fingerprint density at radius 2 is 1.41 bits per heavy atom. The van der Waals surface area contributed by atoms with Crippen LogP contribution in [-0.4, -0.2) is 19.9 Å². The van der Waals surface area contributed by atoms with Crippen LogP contribution in [-0.2, 0) is 0 Å². The van der Waals surface area contributed by atoms with Gasteiger partial charge in [-0.15, -0.1) is 0 Å². The second kappa shape index (κ2) is 5.78. The SMILES string of the molecule is N#Cc1cc(C#N)cc(-c2cc(-c3ccncn3)ncn2)c1. The minimum atomic E-state index is 0.413. The minimum Gasteiger partial charge on any atom is -0.245 e. The van der Waals surface area contributed by atoms with Crippen molar-refractivity contribution in [3.05, 3.63) is 60.3 Å². The third-order valence-corrected chi connectivity index (χ3v) is 3.00. The third kappa shape index (κ3) is 2.62. The fraction of sp³-hybridized carbons (Fsp3) is 0. The molecule has 1 aromatic carbocycles. The van der Waals surface area contributed by atoms with Crippen LogP contribution in [0.25, 0.3) is 22.6 Å². The number of aromatic nitrogens is 4. The first-order chi connectivity index (χ1) is 10.8. The summed E-state index contributed by atoms with van der Waals surface area (Å²) in [5.41, 5.74) is 3.46. The van der Waals surface area contributed by atoms with Crippen molar-refractivity contribution < 1.29 is 0 Å². The first-order valence-electron chi connectivity index (χ1n) is 6.34. The van der Waals surface area contributed by atoms with Crippen molar-refractivity contribution in [3.63, 3.8) is 0 Å². The zero-order chi connectivity index (χ0) is 15.4. The maximum absolute atomic E-state index is 9.05. The average molecular weight is 284 g/mol. The normalized spacial score (nSPS) is 9.73. The maximum Gasteiger partial charge on any atom is 0.116 e. The summed E-state index contributed by atoms with van der Waals surface area (Å²) >= 11 is 0. The van der Waals surface area contributed by atoms with E-state index < -0.39 is 0 Å². The number of nitrogens with zero attached hydrogens (tertiary/aromatic N) is 6. The molecule has 3 aromatic rings. The molecule has 0 N–H and O–H groups in total. The number of hydrogen-bond donors (Lipinski definition) is 0. The fourth-order valence-corrected chi connectivity index (χ4v) is 2.00. The van der Waals surface area contributed by atoms with E-state index >= 15 is 0 Å². The highest BCUT2D eigenvalue weighted by Crippen LogP contribution is 2.23. The van der Waals surface area contributed by atoms with Crippen molar-refractivity contribution >= 4 is 0 Å². The molecular formula is C16H8N6. The summed E-state index contributed by atoms with van der Waals surface area (Å²) in [4.78, 5) is 16.4. The molecule has 0 fully saturated rings. The van der Waals surface area contributed by atoms with E-state index in [-0.39, 0.29) is 0 Å². The van der Waals surface area contributed by atoms with Crippen molar-refractivity contribution in [1.82, 2.24) is 19.9 Å². The molecule has 6 nitrogen and oxygen atoms in total. The van der Waals surface area contributed by atoms with E-state index in [9.17, 15) is 0 Å². The minimum absolute atomic E-state index is 0.413. The van der Waals surface area contributed by atoms with Gasteiger partial charge in [-0.05, 0) is 30.3 Å². The summed E-state index contributed by atoms with van der Waals surface area (Å²) in [7, 11) is 0. The van der Waals surface area contributed by atoms with Crippen LogP contribution in [0.1, 0.15) is 11.1 Å². The summed E-state index contributed by atoms with van der Waals surface area (Å²) in [6, 6.07) is 12.5. The maximum atomic E-state index is 9.05. The zero-order valence-corrected chi connectivity index (χ0v) is 11.3. The van der Waals surface area contributed by atoms with Gasteiger partial charge in [0.1, 0.15) is 12.7 Å². The van der Waals surface area contributed by atoms with Crippen LogP contribution in [0.5, 0.6) is 0 Å². The van der Waals surface area contributed by atoms with E-state index in [1.54, 1.807) is 30.5 Å². The molecule has 6 heteroatoms. The van der Waals surface area contributed by atoms with Gasteiger partial charge in [-0.3, -0.25) is 0 Å². The lowest BCUT2D eigenvalue weighted by Gasteiger charge is -2.04. The van der Waals surface area contributed by atoms with Gasteiger partial charge in [0.15, 0.2) is 0 Å². The summed E-state index contributed by atoms with van der Waals surface area (Å²) < 4.78 is 0. The predicted molar refractivity (Wildman–Crippen MR) is 77.9 cm³/mol. The van der Waals surface area contributed by atoms with Gasteiger partial charge in [0.25, 0.3) is 0 Å². The molecular weight excluding hydrogens is 276 g/mol. The fourth-order valence-electron chi connectivity index (χ4n) is 2.00. The Morgan fingerprint density at radius 1 is 0.727 bits per heavy atom. The van der Waals surface area contributed by atoms with Gasteiger partial charge < -0.3 is 0 Å². The molecule has 0 bridgehead atoms. The Kier molecular flexibility index (Phi) is 3.51. The van der Waals surface area contributed by atoms with Gasteiger partial charge in [-0.25, -0.2) is 19.9 Å². The van der Waals surface area contributed by atoms with Crippen LogP contribution in [0.4, 0.5) is 0 Å². The van der Waals surface area contributed by atoms with E-state index in [1.807, 2.05) is 12.1 Å². The first kappa shape index (κ1) is 13.3. The lowest BCUT2D eigenvalue weighted by molar-refractivity contribution is 1.12. The van der Waals surface area contributed by atoms with Crippen molar-refractivity contribution in [3.8, 4) is 34.8 Å². The van der Waals surface area contributed by atoms with E-state index in [0.29, 0.717) is 33.8 Å². The summed E-state index contributed by atoms with van der Waals surface area (Å²) in [5.74, 6) is 0. The summed E-state index contributed by atoms with van der Waals surface area (Å²) in [5, 5.41) is 18.1. The van der Waals surface area contributed by atoms with Crippen LogP contribution >= 0.6 is 0 Å². The predicted octanol–water partition coefficient (Wildman–Crippen LogP) is 2.34. The van der Waals surface area contributed by atoms with Gasteiger partial charge in [-0.2, -0.15) is 10.5 Å². The Balaban J connectivity index is 2.11. The summed E-state index contributed by atoms with van der Waals surface area (Å²) in [6.45, 7) is 0. The van der Waals surface area contributed by atoms with E-state index in [0.717, 1.165) is 0 Å². The molecule has 2 aromatic heterocycles. The standard InChI is InChI=1S/C16H8N6/c17-7-11-3-12(8-18)5-13(4-11)15-6-16(22-10-21-15)14-1-2-19-9-20-14/h1-6,9-10H. The molecule has 0 saturated heterocycles. The molecule has 0 aliphatic carbocycles. The van der Waals surface area contributed by atoms with Gasteiger partial charge >= 0.3 is 0 Å². The molecule has 3 rings (SSSR count). The van der Waals surface area contributed by atoms with Crippen molar-refractivity contribution in [1.29, 1.82) is 10.5 Å². The van der Waals surface area contributed by atoms with E-state index in [2.05, 4.69) is 19.9 Å². The smallest absolute Gasteiger partial charge is 0.116 e. The van der Waals surface area contributed by atoms with Gasteiger partial charge in [-0.1, -0.05) is 0 Å². The van der Waals surface area contributed by atoms with Gasteiger partial charge in [0.2, 0.25) is 0 Å². The topological polar surface area (TPSA) is 99.1 Å². The second-order valence-electron chi connectivity index (χ2n) is 4.41. The van der Waals surface area contributed by atoms with Crippen LogP contribution in [0.3, 0.4) is 0 Å². The molecule has 0 spiro atoms. The molecule has 0 aliphatic heterocycles. The quantitative estimate of drug-likeness (QED) is 0.716. The van der Waals surface area contributed by atoms with E-state index in [1.165, 1.54) is 18.7 Å². The molecule has 0 saturated carbocycles. The Labute approximate surface area is 126 Å². The first-order valence-corrected chi connectivity index (χ1v) is 6.34. The van der Waals surface area contributed by atoms with Crippen molar-refractivity contribution in [2.75, 3.05) is 0 Å². The number of nitriles is 2.